The van der Waals surface area contributed by atoms with Crippen molar-refractivity contribution in [2.75, 3.05) is 5.32 Å². The third-order valence-corrected chi connectivity index (χ3v) is 3.97. The Morgan fingerprint density at radius 2 is 1.95 bits per heavy atom. The Hall–Kier alpha value is -2.55. The quantitative estimate of drug-likeness (QED) is 0.730. The second-order valence-corrected chi connectivity index (χ2v) is 5.23. The zero-order chi connectivity index (χ0) is 13.5. The third kappa shape index (κ3) is 1.71. The molecule has 1 aromatic heterocycles. The molecule has 0 saturated carbocycles. The van der Waals surface area contributed by atoms with Crippen LogP contribution in [0.2, 0.25) is 0 Å². The molecule has 2 heterocycles. The van der Waals surface area contributed by atoms with Crippen LogP contribution in [0.25, 0.3) is 10.9 Å². The molecule has 2 aromatic carbocycles. The first-order valence-electron chi connectivity index (χ1n) is 6.77. The number of aromatic amines is 1. The van der Waals surface area contributed by atoms with Crippen LogP contribution in [-0.2, 0) is 11.2 Å². The van der Waals surface area contributed by atoms with Crippen molar-refractivity contribution in [2.24, 2.45) is 0 Å². The van der Waals surface area contributed by atoms with Gasteiger partial charge in [0, 0.05) is 17.4 Å². The van der Waals surface area contributed by atoms with E-state index in [4.69, 9.17) is 0 Å². The van der Waals surface area contributed by atoms with Gasteiger partial charge in [-0.25, -0.2) is 0 Å². The van der Waals surface area contributed by atoms with Gasteiger partial charge in [-0.2, -0.15) is 0 Å². The number of carbonyl (C=O) groups is 1. The maximum absolute atomic E-state index is 12.1. The highest BCUT2D eigenvalue weighted by atomic mass is 16.2. The number of H-pyrrole nitrogens is 1. The molecule has 0 aliphatic carbocycles. The molecule has 1 amide bonds. The summed E-state index contributed by atoms with van der Waals surface area (Å²) in [5.74, 6) is 0.0106. The SMILES string of the molecule is O=C1Nc2ccccc2[C@@H]1Cc1ccc2cc[nH]c2c1. The molecule has 3 aromatic rings. The van der Waals surface area contributed by atoms with Crippen LogP contribution in [0, 0.1) is 0 Å². The van der Waals surface area contributed by atoms with E-state index in [1.165, 1.54) is 10.9 Å². The van der Waals surface area contributed by atoms with Crippen LogP contribution in [0.3, 0.4) is 0 Å². The summed E-state index contributed by atoms with van der Waals surface area (Å²) in [5, 5.41) is 4.15. The number of benzene rings is 2. The summed E-state index contributed by atoms with van der Waals surface area (Å²) in [4.78, 5) is 15.3. The van der Waals surface area contributed by atoms with E-state index in [0.29, 0.717) is 0 Å². The molecule has 3 nitrogen and oxygen atoms in total. The second-order valence-electron chi connectivity index (χ2n) is 5.23. The predicted octanol–water partition coefficient (Wildman–Crippen LogP) is 3.45. The number of aromatic nitrogens is 1. The van der Waals surface area contributed by atoms with Crippen molar-refractivity contribution in [3.8, 4) is 0 Å². The first kappa shape index (κ1) is 11.3. The van der Waals surface area contributed by atoms with Gasteiger partial charge in [-0.15, -0.1) is 0 Å². The molecule has 3 heteroatoms. The highest BCUT2D eigenvalue weighted by Crippen LogP contribution is 2.34. The second kappa shape index (κ2) is 4.23. The summed E-state index contributed by atoms with van der Waals surface area (Å²) in [7, 11) is 0. The highest BCUT2D eigenvalue weighted by molar-refractivity contribution is 6.03. The smallest absolute Gasteiger partial charge is 0.232 e. The molecular formula is C17H14N2O. The lowest BCUT2D eigenvalue weighted by atomic mass is 9.93. The fourth-order valence-corrected chi connectivity index (χ4v) is 2.94. The first-order valence-corrected chi connectivity index (χ1v) is 6.77. The number of hydrogen-bond donors (Lipinski definition) is 2. The summed E-state index contributed by atoms with van der Waals surface area (Å²) in [6.07, 6.45) is 2.67. The molecule has 0 fully saturated rings. The normalized spacial score (nSPS) is 17.2. The van der Waals surface area contributed by atoms with Crippen LogP contribution in [-0.4, -0.2) is 10.9 Å². The number of amides is 1. The number of fused-ring (bicyclic) bond motifs is 2. The number of nitrogens with one attached hydrogen (secondary N) is 2. The summed E-state index contributed by atoms with van der Waals surface area (Å²) in [6, 6.07) is 16.3. The van der Waals surface area contributed by atoms with Crippen molar-refractivity contribution in [3.05, 3.63) is 65.9 Å². The molecule has 98 valence electrons. The van der Waals surface area contributed by atoms with E-state index >= 15 is 0 Å². The van der Waals surface area contributed by atoms with Crippen molar-refractivity contribution < 1.29 is 4.79 Å². The van der Waals surface area contributed by atoms with E-state index in [1.54, 1.807) is 0 Å². The van der Waals surface area contributed by atoms with E-state index in [-0.39, 0.29) is 11.8 Å². The van der Waals surface area contributed by atoms with Crippen LogP contribution in [0.1, 0.15) is 17.0 Å². The van der Waals surface area contributed by atoms with Crippen LogP contribution < -0.4 is 5.32 Å². The lowest BCUT2D eigenvalue weighted by molar-refractivity contribution is -0.117. The lowest BCUT2D eigenvalue weighted by Gasteiger charge is -2.09. The van der Waals surface area contributed by atoms with E-state index in [9.17, 15) is 4.79 Å². The summed E-state index contributed by atoms with van der Waals surface area (Å²) in [6.45, 7) is 0. The van der Waals surface area contributed by atoms with E-state index in [0.717, 1.165) is 23.2 Å². The molecule has 1 aliphatic heterocycles. The number of para-hydroxylation sites is 1. The Morgan fingerprint density at radius 3 is 2.90 bits per heavy atom. The number of rotatable bonds is 2. The van der Waals surface area contributed by atoms with Crippen molar-refractivity contribution in [2.45, 2.75) is 12.3 Å². The lowest BCUT2D eigenvalue weighted by Crippen LogP contribution is -2.14. The molecule has 2 N–H and O–H groups in total. The number of anilines is 1. The monoisotopic (exact) mass is 262 g/mol. The average Bonchev–Trinajstić information content (AvgIpc) is 3.04. The maximum Gasteiger partial charge on any atom is 0.232 e. The van der Waals surface area contributed by atoms with E-state index in [2.05, 4.69) is 34.6 Å². The molecule has 1 atom stereocenters. The maximum atomic E-state index is 12.1. The third-order valence-electron chi connectivity index (χ3n) is 3.97. The van der Waals surface area contributed by atoms with Gasteiger partial charge in [0.2, 0.25) is 5.91 Å². The molecule has 0 radical (unpaired) electrons. The predicted molar refractivity (Wildman–Crippen MR) is 79.8 cm³/mol. The minimum Gasteiger partial charge on any atom is -0.361 e. The van der Waals surface area contributed by atoms with Gasteiger partial charge in [-0.3, -0.25) is 4.79 Å². The van der Waals surface area contributed by atoms with E-state index in [1.807, 2.05) is 30.5 Å². The van der Waals surface area contributed by atoms with Crippen molar-refractivity contribution in [3.63, 3.8) is 0 Å². The molecule has 1 aliphatic rings. The van der Waals surface area contributed by atoms with Crippen LogP contribution in [0.4, 0.5) is 5.69 Å². The number of carbonyl (C=O) groups excluding carboxylic acids is 1. The van der Waals surface area contributed by atoms with Gasteiger partial charge in [-0.1, -0.05) is 30.3 Å². The Morgan fingerprint density at radius 1 is 1.05 bits per heavy atom. The minimum absolute atomic E-state index is 0.0846. The Labute approximate surface area is 116 Å². The first-order chi connectivity index (χ1) is 9.81. The van der Waals surface area contributed by atoms with Gasteiger partial charge in [0.15, 0.2) is 0 Å². The molecule has 0 bridgehead atoms. The fourth-order valence-electron chi connectivity index (χ4n) is 2.94. The van der Waals surface area contributed by atoms with Crippen molar-refractivity contribution in [1.29, 1.82) is 0 Å². The molecule has 4 rings (SSSR count). The van der Waals surface area contributed by atoms with Gasteiger partial charge in [0.25, 0.3) is 0 Å². The van der Waals surface area contributed by atoms with Crippen molar-refractivity contribution >= 4 is 22.5 Å². The van der Waals surface area contributed by atoms with Gasteiger partial charge < -0.3 is 10.3 Å². The number of hydrogen-bond acceptors (Lipinski definition) is 1. The molecule has 0 saturated heterocycles. The molecular weight excluding hydrogens is 248 g/mol. The van der Waals surface area contributed by atoms with E-state index < -0.39 is 0 Å². The molecule has 0 spiro atoms. The summed E-state index contributed by atoms with van der Waals surface area (Å²) in [5.41, 5.74) is 4.35. The fraction of sp³-hybridized carbons (Fsp3) is 0.118. The average molecular weight is 262 g/mol. The van der Waals surface area contributed by atoms with Gasteiger partial charge in [-0.05, 0) is 41.1 Å². The largest absolute Gasteiger partial charge is 0.361 e. The highest BCUT2D eigenvalue weighted by Gasteiger charge is 2.29. The summed E-state index contributed by atoms with van der Waals surface area (Å²) < 4.78 is 0. The Kier molecular flexibility index (Phi) is 2.39. The van der Waals surface area contributed by atoms with Crippen LogP contribution in [0.5, 0.6) is 0 Å². The molecule has 0 unspecified atom stereocenters. The topological polar surface area (TPSA) is 44.9 Å². The van der Waals surface area contributed by atoms with Gasteiger partial charge in [0.05, 0.1) is 5.92 Å². The molecule has 20 heavy (non-hydrogen) atoms. The van der Waals surface area contributed by atoms with Gasteiger partial charge in [0.1, 0.15) is 0 Å². The van der Waals surface area contributed by atoms with Crippen molar-refractivity contribution in [1.82, 2.24) is 4.98 Å². The van der Waals surface area contributed by atoms with Crippen LogP contribution in [0.15, 0.2) is 54.7 Å². The Balaban J connectivity index is 1.70. The zero-order valence-corrected chi connectivity index (χ0v) is 10.9. The standard InChI is InChI=1S/C17H14N2O/c20-17-14(13-3-1-2-4-15(13)19-17)9-11-5-6-12-7-8-18-16(12)10-11/h1-8,10,14,18H,9H2,(H,19,20)/t14-/m0/s1. The minimum atomic E-state index is -0.0846. The Bertz CT molecular complexity index is 803. The van der Waals surface area contributed by atoms with Gasteiger partial charge >= 0.3 is 0 Å². The van der Waals surface area contributed by atoms with Crippen LogP contribution >= 0.6 is 0 Å². The zero-order valence-electron chi connectivity index (χ0n) is 10.9. The summed E-state index contributed by atoms with van der Waals surface area (Å²) >= 11 is 0.